The molecule has 2 aromatic carbocycles. The normalized spacial score (nSPS) is 21.4. The molecule has 2 aliphatic rings. The molecule has 1 amide bonds. The van der Waals surface area contributed by atoms with Crippen LogP contribution in [0.5, 0.6) is 11.5 Å². The van der Waals surface area contributed by atoms with Gasteiger partial charge in [0.15, 0.2) is 6.61 Å². The molecule has 1 N–H and O–H groups in total. The van der Waals surface area contributed by atoms with Gasteiger partial charge in [-0.1, -0.05) is 58.9 Å². The number of nitrogens with zero attached hydrogens (tertiary/aromatic N) is 2. The maximum atomic E-state index is 14.5. The fourth-order valence-corrected chi connectivity index (χ4v) is 8.52. The summed E-state index contributed by atoms with van der Waals surface area (Å²) in [5, 5.41) is 9.41. The van der Waals surface area contributed by atoms with Crippen LogP contribution < -0.4 is 9.47 Å². The highest BCUT2D eigenvalue weighted by Crippen LogP contribution is 2.49. The number of amides is 1. The number of likely N-dealkylation sites (N-methyl/N-ethyl adjacent to an activating group) is 1. The van der Waals surface area contributed by atoms with Crippen LogP contribution in [0.3, 0.4) is 0 Å². The first-order valence-electron chi connectivity index (χ1n) is 17.7. The second-order valence-corrected chi connectivity index (χ2v) is 16.9. The molecule has 0 aromatic heterocycles. The molecule has 2 aliphatic heterocycles. The lowest BCUT2D eigenvalue weighted by Gasteiger charge is -2.47. The topological polar surface area (TPSA) is 123 Å². The van der Waals surface area contributed by atoms with Crippen LogP contribution in [0.25, 0.3) is 0 Å². The molecule has 2 heterocycles. The van der Waals surface area contributed by atoms with Gasteiger partial charge in [0.2, 0.25) is 15.9 Å². The Bertz CT molecular complexity index is 1680. The minimum atomic E-state index is -3.97. The summed E-state index contributed by atoms with van der Waals surface area (Å²) >= 11 is 0. The lowest BCUT2D eigenvalue weighted by atomic mass is 9.75. The largest absolute Gasteiger partial charge is 0.490 e. The number of hydrogen-bond donors (Lipinski definition) is 1. The number of sulfonamides is 1. The molecule has 10 nitrogen and oxygen atoms in total. The fraction of sp³-hybridized carbons (Fsp3) is 0.590. The molecule has 0 bridgehead atoms. The highest BCUT2D eigenvalue weighted by Gasteiger charge is 2.45. The van der Waals surface area contributed by atoms with Gasteiger partial charge in [-0.3, -0.25) is 4.79 Å². The van der Waals surface area contributed by atoms with Crippen molar-refractivity contribution in [3.05, 3.63) is 64.7 Å². The third-order valence-corrected chi connectivity index (χ3v) is 12.5. The second-order valence-electron chi connectivity index (χ2n) is 15.0. The number of rotatable bonds is 14. The zero-order valence-electron chi connectivity index (χ0n) is 31.2. The van der Waals surface area contributed by atoms with Crippen LogP contribution in [0, 0.1) is 18.8 Å². The Kier molecular flexibility index (Phi) is 12.5. The lowest BCUT2D eigenvalue weighted by molar-refractivity contribution is -0.139. The number of aliphatic carboxylic acids is 1. The Hall–Kier alpha value is -3.41. The van der Waals surface area contributed by atoms with Crippen molar-refractivity contribution < 1.29 is 37.3 Å². The highest BCUT2D eigenvalue weighted by atomic mass is 32.2. The Balaban J connectivity index is 1.65. The molecule has 2 aromatic rings. The Labute approximate surface area is 298 Å². The average Bonchev–Trinajstić information content (AvgIpc) is 3.05. The van der Waals surface area contributed by atoms with E-state index in [2.05, 4.69) is 47.3 Å². The van der Waals surface area contributed by atoms with Gasteiger partial charge in [-0.05, 0) is 85.3 Å². The van der Waals surface area contributed by atoms with E-state index in [9.17, 15) is 23.1 Å². The van der Waals surface area contributed by atoms with Crippen molar-refractivity contribution in [3.8, 4) is 11.5 Å². The Morgan fingerprint density at radius 3 is 2.44 bits per heavy atom. The van der Waals surface area contributed by atoms with E-state index in [1.807, 2.05) is 26.0 Å². The number of hydrogen-bond acceptors (Lipinski definition) is 7. The van der Waals surface area contributed by atoms with E-state index < -0.39 is 28.7 Å². The van der Waals surface area contributed by atoms with Crippen LogP contribution in [0.1, 0.15) is 102 Å². The van der Waals surface area contributed by atoms with Crippen LogP contribution in [-0.4, -0.2) is 80.6 Å². The van der Waals surface area contributed by atoms with Gasteiger partial charge in [-0.2, -0.15) is 4.31 Å². The number of carbonyl (C=O) groups excluding carboxylic acids is 1. The Morgan fingerprint density at radius 1 is 1.14 bits per heavy atom. The minimum absolute atomic E-state index is 0.0843. The molecule has 0 aliphatic carbocycles. The summed E-state index contributed by atoms with van der Waals surface area (Å²) in [7, 11) is -2.29. The Morgan fingerprint density at radius 2 is 1.84 bits per heavy atom. The lowest BCUT2D eigenvalue weighted by Crippen LogP contribution is -2.50. The van der Waals surface area contributed by atoms with Crippen molar-refractivity contribution in [3.63, 3.8) is 0 Å². The molecule has 4 rings (SSSR count). The third-order valence-electron chi connectivity index (χ3n) is 10.6. The van der Waals surface area contributed by atoms with Crippen molar-refractivity contribution >= 4 is 21.9 Å². The van der Waals surface area contributed by atoms with E-state index >= 15 is 0 Å². The molecular formula is C39H56N2O8S. The molecule has 0 spiro atoms. The summed E-state index contributed by atoms with van der Waals surface area (Å²) in [6.07, 6.45) is 1.36. The van der Waals surface area contributed by atoms with Crippen LogP contribution in [-0.2, 0) is 29.8 Å². The third kappa shape index (κ3) is 8.72. The van der Waals surface area contributed by atoms with E-state index in [4.69, 9.17) is 14.2 Å². The van der Waals surface area contributed by atoms with Gasteiger partial charge in [0.25, 0.3) is 0 Å². The van der Waals surface area contributed by atoms with Crippen molar-refractivity contribution in [2.75, 3.05) is 39.9 Å². The number of ether oxygens (including phenoxy) is 3. The van der Waals surface area contributed by atoms with E-state index in [1.54, 1.807) is 23.5 Å². The molecule has 0 radical (unpaired) electrons. The van der Waals surface area contributed by atoms with Gasteiger partial charge < -0.3 is 24.2 Å². The second kappa shape index (κ2) is 15.9. The number of carboxylic acids is 1. The van der Waals surface area contributed by atoms with Gasteiger partial charge >= 0.3 is 5.97 Å². The van der Waals surface area contributed by atoms with Crippen molar-refractivity contribution in [1.29, 1.82) is 0 Å². The molecule has 2 fully saturated rings. The van der Waals surface area contributed by atoms with E-state index in [-0.39, 0.29) is 65.5 Å². The minimum Gasteiger partial charge on any atom is -0.490 e. The number of fused-ring (bicyclic) bond motifs is 1. The SMILES string of the molecule is C=C(C)[C@H]1C[C@@H]2CN(S(=O)(=O)c3cc(C(C)(C)CC)ccc3OCCN(C)C(C)=O)CC[C@@H]2O[C@@H]1c1c(C)cc(C(C)C)cc1OCC(=O)O. The monoisotopic (exact) mass is 712 g/mol. The highest BCUT2D eigenvalue weighted by molar-refractivity contribution is 7.89. The molecule has 0 saturated carbocycles. The van der Waals surface area contributed by atoms with E-state index in [0.29, 0.717) is 25.1 Å². The maximum absolute atomic E-state index is 14.5. The van der Waals surface area contributed by atoms with E-state index in [0.717, 1.165) is 34.2 Å². The first-order valence-corrected chi connectivity index (χ1v) is 19.1. The molecule has 4 atom stereocenters. The number of carboxylic acid groups (broad SMARTS) is 1. The summed E-state index contributed by atoms with van der Waals surface area (Å²) in [6, 6.07) is 9.44. The number of carbonyl (C=O) groups is 2. The average molecular weight is 713 g/mol. The van der Waals surface area contributed by atoms with Gasteiger partial charge in [-0.25, -0.2) is 13.2 Å². The standard InChI is InChI=1S/C39H56N2O8S/c1-11-39(8,9)30-12-13-33(47-17-16-40(10)27(7)42)35(21-30)50(45,46)41-15-14-32-29(22-41)19-31(25(4)5)38(49-32)37-26(6)18-28(24(2)3)20-34(37)48-23-36(43)44/h12-13,18,20-21,24,29,31-32,38H,4,11,14-17,19,22-23H2,1-3,5-10H3,(H,43,44)/t29-,31-,32+,38+/m1/s1. The van der Waals surface area contributed by atoms with Gasteiger partial charge in [-0.15, -0.1) is 0 Å². The van der Waals surface area contributed by atoms with Gasteiger partial charge in [0, 0.05) is 38.5 Å². The van der Waals surface area contributed by atoms with E-state index in [1.165, 1.54) is 11.8 Å². The zero-order chi connectivity index (χ0) is 37.1. The molecule has 11 heteroatoms. The van der Waals surface area contributed by atoms with Crippen molar-refractivity contribution in [1.82, 2.24) is 9.21 Å². The van der Waals surface area contributed by atoms with Crippen LogP contribution in [0.4, 0.5) is 0 Å². The quantitative estimate of drug-likeness (QED) is 0.211. The van der Waals surface area contributed by atoms with Gasteiger partial charge in [0.05, 0.1) is 18.8 Å². The summed E-state index contributed by atoms with van der Waals surface area (Å²) in [6.45, 7) is 20.8. The predicted molar refractivity (Wildman–Crippen MR) is 194 cm³/mol. The molecule has 276 valence electrons. The number of benzene rings is 2. The molecule has 50 heavy (non-hydrogen) atoms. The van der Waals surface area contributed by atoms with Crippen molar-refractivity contribution in [2.45, 2.75) is 103 Å². The molecule has 0 unspecified atom stereocenters. The smallest absolute Gasteiger partial charge is 0.341 e. The summed E-state index contributed by atoms with van der Waals surface area (Å²) < 4.78 is 49.4. The van der Waals surface area contributed by atoms with Crippen molar-refractivity contribution in [2.24, 2.45) is 11.8 Å². The van der Waals surface area contributed by atoms with Gasteiger partial charge in [0.1, 0.15) is 23.0 Å². The number of aryl methyl sites for hydroxylation is 1. The summed E-state index contributed by atoms with van der Waals surface area (Å²) in [5.41, 5.74) is 4.40. The maximum Gasteiger partial charge on any atom is 0.341 e. The first kappa shape index (κ1) is 39.4. The zero-order valence-corrected chi connectivity index (χ0v) is 32.1. The summed E-state index contributed by atoms with van der Waals surface area (Å²) in [5.74, 6) is -0.382. The van der Waals surface area contributed by atoms with Crippen LogP contribution in [0.2, 0.25) is 0 Å². The summed E-state index contributed by atoms with van der Waals surface area (Å²) in [4.78, 5) is 24.9. The predicted octanol–water partition coefficient (Wildman–Crippen LogP) is 6.86. The molecule has 2 saturated heterocycles. The molecular weight excluding hydrogens is 657 g/mol. The van der Waals surface area contributed by atoms with Crippen LogP contribution >= 0.6 is 0 Å². The number of piperidine rings is 1. The first-order chi connectivity index (χ1) is 23.4. The fourth-order valence-electron chi connectivity index (χ4n) is 6.86. The van der Waals surface area contributed by atoms with Crippen LogP contribution in [0.15, 0.2) is 47.4 Å².